The minimum Gasteiger partial charge on any atom is -0.325 e. The number of halogens is 2. The summed E-state index contributed by atoms with van der Waals surface area (Å²) in [5, 5.41) is 7.64. The quantitative estimate of drug-likeness (QED) is 0.675. The maximum Gasteiger partial charge on any atom is 0.127 e. The molecule has 0 spiro atoms. The highest BCUT2D eigenvalue weighted by molar-refractivity contribution is 9.10. The first-order valence-corrected chi connectivity index (χ1v) is 7.52. The predicted molar refractivity (Wildman–Crippen MR) is 81.7 cm³/mol. The van der Waals surface area contributed by atoms with Crippen molar-refractivity contribution in [1.29, 1.82) is 0 Å². The Labute approximate surface area is 129 Å². The van der Waals surface area contributed by atoms with Crippen molar-refractivity contribution in [3.63, 3.8) is 0 Å². The van der Waals surface area contributed by atoms with Gasteiger partial charge in [0.1, 0.15) is 5.82 Å². The molecule has 1 atom stereocenters. The summed E-state index contributed by atoms with van der Waals surface area (Å²) >= 11 is 9.72. The van der Waals surface area contributed by atoms with Crippen LogP contribution in [0.3, 0.4) is 0 Å². The predicted octanol–water partition coefficient (Wildman–Crippen LogP) is 3.39. The molecule has 5 nitrogen and oxygen atoms in total. The summed E-state index contributed by atoms with van der Waals surface area (Å²) in [5.74, 6) is 0.875. The van der Waals surface area contributed by atoms with Crippen molar-refractivity contribution in [2.24, 2.45) is 0 Å². The normalized spacial score (nSPS) is 12.9. The maximum absolute atomic E-state index is 6.25. The summed E-state index contributed by atoms with van der Waals surface area (Å²) in [7, 11) is 0. The minimum absolute atomic E-state index is 0.142. The molecular formula is C13H13BrClN5. The fraction of sp³-hybridized carbons (Fsp3) is 0.308. The summed E-state index contributed by atoms with van der Waals surface area (Å²) in [6.45, 7) is 3.43. The summed E-state index contributed by atoms with van der Waals surface area (Å²) in [5.41, 5.74) is 2.02. The van der Waals surface area contributed by atoms with E-state index >= 15 is 0 Å². The zero-order chi connectivity index (χ0) is 14.1. The highest BCUT2D eigenvalue weighted by Crippen LogP contribution is 2.26. The van der Waals surface area contributed by atoms with Gasteiger partial charge in [-0.2, -0.15) is 0 Å². The van der Waals surface area contributed by atoms with E-state index < -0.39 is 0 Å². The molecule has 0 fully saturated rings. The van der Waals surface area contributed by atoms with Crippen LogP contribution in [0.5, 0.6) is 0 Å². The summed E-state index contributed by atoms with van der Waals surface area (Å²) in [6, 6.07) is 6.07. The molecule has 20 heavy (non-hydrogen) atoms. The number of alkyl halides is 1. The molecule has 2 heterocycles. The molecule has 7 heteroatoms. The first kappa shape index (κ1) is 13.6. The second-order valence-corrected chi connectivity index (χ2v) is 6.11. The Balaban J connectivity index is 2.00. The number of aromatic nitrogens is 5. The van der Waals surface area contributed by atoms with Crippen LogP contribution in [0.25, 0.3) is 11.0 Å². The molecule has 104 valence electrons. The number of hydrogen-bond donors (Lipinski definition) is 0. The lowest BCUT2D eigenvalue weighted by molar-refractivity contribution is 0.515. The third-order valence-electron chi connectivity index (χ3n) is 3.12. The molecule has 3 rings (SSSR count). The molecule has 0 N–H and O–H groups in total. The van der Waals surface area contributed by atoms with Crippen LogP contribution in [0, 0.1) is 0 Å². The highest BCUT2D eigenvalue weighted by Gasteiger charge is 2.15. The number of aryl methyl sites for hydroxylation is 2. The van der Waals surface area contributed by atoms with Crippen molar-refractivity contribution < 1.29 is 0 Å². The Bertz CT molecular complexity index is 720. The Kier molecular flexibility index (Phi) is 3.76. The van der Waals surface area contributed by atoms with E-state index in [9.17, 15) is 0 Å². The minimum atomic E-state index is -0.142. The van der Waals surface area contributed by atoms with Crippen molar-refractivity contribution in [2.45, 2.75) is 25.4 Å². The molecule has 0 radical (unpaired) electrons. The van der Waals surface area contributed by atoms with Crippen LogP contribution in [-0.4, -0.2) is 24.5 Å². The van der Waals surface area contributed by atoms with E-state index in [0.29, 0.717) is 0 Å². The van der Waals surface area contributed by atoms with Gasteiger partial charge in [-0.05, 0) is 25.1 Å². The number of nitrogens with zero attached hydrogens (tertiary/aromatic N) is 5. The van der Waals surface area contributed by atoms with Crippen LogP contribution in [-0.2, 0) is 13.1 Å². The Morgan fingerprint density at radius 3 is 2.90 bits per heavy atom. The Hall–Kier alpha value is -1.40. The maximum atomic E-state index is 6.25. The smallest absolute Gasteiger partial charge is 0.127 e. The fourth-order valence-corrected chi connectivity index (χ4v) is 2.73. The van der Waals surface area contributed by atoms with Crippen molar-refractivity contribution in [2.75, 3.05) is 0 Å². The lowest BCUT2D eigenvalue weighted by Gasteiger charge is -2.10. The number of rotatable bonds is 4. The standard InChI is InChI=1S/C13H13BrClN5/c1-9(15)13-17-11-8-10(14)2-3-12(11)20(13)7-6-19-5-4-16-18-19/h2-5,8-9H,6-7H2,1H3. The average Bonchev–Trinajstić information content (AvgIpc) is 3.02. The van der Waals surface area contributed by atoms with Gasteiger partial charge in [0, 0.05) is 17.2 Å². The molecule has 0 aliphatic carbocycles. The van der Waals surface area contributed by atoms with Crippen LogP contribution in [0.2, 0.25) is 0 Å². The van der Waals surface area contributed by atoms with Gasteiger partial charge in [-0.3, -0.25) is 4.68 Å². The SMILES string of the molecule is CC(Cl)c1nc2cc(Br)ccc2n1CCn1ccnn1. The topological polar surface area (TPSA) is 48.5 Å². The summed E-state index contributed by atoms with van der Waals surface area (Å²) in [4.78, 5) is 4.63. The van der Waals surface area contributed by atoms with E-state index in [-0.39, 0.29) is 5.38 Å². The van der Waals surface area contributed by atoms with Gasteiger partial charge in [0.15, 0.2) is 0 Å². The van der Waals surface area contributed by atoms with Crippen molar-refractivity contribution in [1.82, 2.24) is 24.5 Å². The van der Waals surface area contributed by atoms with Gasteiger partial charge >= 0.3 is 0 Å². The van der Waals surface area contributed by atoms with E-state index in [2.05, 4.69) is 41.9 Å². The lowest BCUT2D eigenvalue weighted by Crippen LogP contribution is -2.11. The number of benzene rings is 1. The molecule has 0 bridgehead atoms. The molecule has 1 aromatic carbocycles. The molecule has 3 aromatic rings. The van der Waals surface area contributed by atoms with E-state index in [0.717, 1.165) is 34.4 Å². The van der Waals surface area contributed by atoms with Crippen molar-refractivity contribution in [3.8, 4) is 0 Å². The largest absolute Gasteiger partial charge is 0.325 e. The summed E-state index contributed by atoms with van der Waals surface area (Å²) in [6.07, 6.45) is 3.52. The zero-order valence-corrected chi connectivity index (χ0v) is 13.2. The van der Waals surface area contributed by atoms with Gasteiger partial charge in [-0.25, -0.2) is 4.98 Å². The lowest BCUT2D eigenvalue weighted by atomic mass is 10.3. The van der Waals surface area contributed by atoms with Crippen LogP contribution >= 0.6 is 27.5 Å². The monoisotopic (exact) mass is 353 g/mol. The molecule has 0 saturated heterocycles. The highest BCUT2D eigenvalue weighted by atomic mass is 79.9. The van der Waals surface area contributed by atoms with E-state index in [1.807, 2.05) is 25.3 Å². The van der Waals surface area contributed by atoms with Crippen molar-refractivity contribution >= 4 is 38.6 Å². The first-order chi connectivity index (χ1) is 9.65. The van der Waals surface area contributed by atoms with E-state index in [1.54, 1.807) is 10.9 Å². The first-order valence-electron chi connectivity index (χ1n) is 6.29. The second kappa shape index (κ2) is 5.54. The molecule has 0 aliphatic rings. The van der Waals surface area contributed by atoms with Crippen LogP contribution in [0.1, 0.15) is 18.1 Å². The van der Waals surface area contributed by atoms with Crippen molar-refractivity contribution in [3.05, 3.63) is 40.9 Å². The summed E-state index contributed by atoms with van der Waals surface area (Å²) < 4.78 is 4.95. The molecule has 0 aliphatic heterocycles. The van der Waals surface area contributed by atoms with Crippen LogP contribution in [0.15, 0.2) is 35.1 Å². The average molecular weight is 355 g/mol. The Morgan fingerprint density at radius 1 is 1.35 bits per heavy atom. The molecule has 2 aromatic heterocycles. The van der Waals surface area contributed by atoms with Crippen LogP contribution in [0.4, 0.5) is 0 Å². The number of hydrogen-bond acceptors (Lipinski definition) is 3. The van der Waals surface area contributed by atoms with Gasteiger partial charge in [-0.1, -0.05) is 21.1 Å². The van der Waals surface area contributed by atoms with Gasteiger partial charge in [0.25, 0.3) is 0 Å². The number of fused-ring (bicyclic) bond motifs is 1. The molecule has 1 unspecified atom stereocenters. The van der Waals surface area contributed by atoms with E-state index in [1.165, 1.54) is 0 Å². The molecule has 0 saturated carbocycles. The van der Waals surface area contributed by atoms with Gasteiger partial charge in [0.05, 0.1) is 29.2 Å². The third kappa shape index (κ3) is 2.58. The van der Waals surface area contributed by atoms with E-state index in [4.69, 9.17) is 11.6 Å². The van der Waals surface area contributed by atoms with Gasteiger partial charge < -0.3 is 4.57 Å². The number of imidazole rings is 1. The van der Waals surface area contributed by atoms with Gasteiger partial charge in [-0.15, -0.1) is 16.7 Å². The van der Waals surface area contributed by atoms with Gasteiger partial charge in [0.2, 0.25) is 0 Å². The zero-order valence-electron chi connectivity index (χ0n) is 10.9. The fourth-order valence-electron chi connectivity index (χ4n) is 2.21. The molecular weight excluding hydrogens is 342 g/mol. The molecule has 0 amide bonds. The Morgan fingerprint density at radius 2 is 2.20 bits per heavy atom. The third-order valence-corrected chi connectivity index (χ3v) is 3.81. The second-order valence-electron chi connectivity index (χ2n) is 4.54. The van der Waals surface area contributed by atoms with Crippen LogP contribution < -0.4 is 0 Å².